The number of hydrogen-bond acceptors (Lipinski definition) is 3. The minimum Gasteiger partial charge on any atom is -0.390 e. The first-order chi connectivity index (χ1) is 16.8. The molecule has 0 aliphatic rings. The average molecular weight is 481 g/mol. The van der Waals surface area contributed by atoms with Gasteiger partial charge in [0.1, 0.15) is 11.6 Å². The quantitative estimate of drug-likeness (QED) is 0.347. The van der Waals surface area contributed by atoms with Crippen LogP contribution >= 0.6 is 0 Å². The number of nitrogens with one attached hydrogen (secondary N) is 2. The molecule has 3 atom stereocenters. The van der Waals surface area contributed by atoms with Crippen molar-refractivity contribution < 1.29 is 18.7 Å². The molecular formula is C29H34F2N2O2. The number of rotatable bonds is 11. The van der Waals surface area contributed by atoms with Gasteiger partial charge in [-0.2, -0.15) is 0 Å². The van der Waals surface area contributed by atoms with Gasteiger partial charge in [-0.05, 0) is 58.7 Å². The van der Waals surface area contributed by atoms with E-state index in [2.05, 4.69) is 54.8 Å². The molecular weight excluding hydrogens is 446 g/mol. The molecule has 35 heavy (non-hydrogen) atoms. The van der Waals surface area contributed by atoms with E-state index in [1.54, 1.807) is 0 Å². The zero-order chi connectivity index (χ0) is 25.4. The Morgan fingerprint density at radius 3 is 2.31 bits per heavy atom. The predicted octanol–water partition coefficient (Wildman–Crippen LogP) is 5.34. The molecule has 3 rings (SSSR count). The van der Waals surface area contributed by atoms with Crippen LogP contribution in [0.2, 0.25) is 0 Å². The van der Waals surface area contributed by atoms with Crippen LogP contribution in [0.25, 0.3) is 11.1 Å². The van der Waals surface area contributed by atoms with Crippen molar-refractivity contribution in [2.75, 3.05) is 6.54 Å². The minimum absolute atomic E-state index is 0.107. The Kier molecular flexibility index (Phi) is 9.52. The highest BCUT2D eigenvalue weighted by atomic mass is 19.1. The van der Waals surface area contributed by atoms with Crippen LogP contribution in [0.5, 0.6) is 0 Å². The summed E-state index contributed by atoms with van der Waals surface area (Å²) >= 11 is 0. The molecule has 0 fully saturated rings. The number of halogens is 2. The molecule has 0 radical (unpaired) electrons. The summed E-state index contributed by atoms with van der Waals surface area (Å²) in [5.74, 6) is -1.27. The molecule has 0 heterocycles. The molecule has 0 saturated heterocycles. The van der Waals surface area contributed by atoms with Crippen molar-refractivity contribution in [1.82, 2.24) is 10.6 Å². The first-order valence-corrected chi connectivity index (χ1v) is 12.1. The summed E-state index contributed by atoms with van der Waals surface area (Å²) in [5.41, 5.74) is 4.98. The van der Waals surface area contributed by atoms with Crippen LogP contribution < -0.4 is 10.6 Å². The molecule has 1 amide bonds. The van der Waals surface area contributed by atoms with Gasteiger partial charge < -0.3 is 15.7 Å². The van der Waals surface area contributed by atoms with E-state index < -0.39 is 23.8 Å². The molecule has 186 valence electrons. The fourth-order valence-corrected chi connectivity index (χ4v) is 4.23. The second-order valence-corrected chi connectivity index (χ2v) is 9.08. The van der Waals surface area contributed by atoms with Crippen LogP contribution in [-0.4, -0.2) is 29.7 Å². The Hall–Kier alpha value is -3.09. The fraction of sp³-hybridized carbons (Fsp3) is 0.345. The van der Waals surface area contributed by atoms with Crippen molar-refractivity contribution in [3.05, 3.63) is 95.1 Å². The average Bonchev–Trinajstić information content (AvgIpc) is 2.82. The van der Waals surface area contributed by atoms with Gasteiger partial charge in [0.2, 0.25) is 5.91 Å². The van der Waals surface area contributed by atoms with E-state index in [0.717, 1.165) is 29.2 Å². The van der Waals surface area contributed by atoms with Crippen LogP contribution in [0.4, 0.5) is 8.78 Å². The van der Waals surface area contributed by atoms with Gasteiger partial charge in [0.25, 0.3) is 0 Å². The molecule has 0 aromatic heterocycles. The monoisotopic (exact) mass is 480 g/mol. The first-order valence-electron chi connectivity index (χ1n) is 12.1. The number of amides is 1. The van der Waals surface area contributed by atoms with Crippen molar-refractivity contribution in [3.63, 3.8) is 0 Å². The first kappa shape index (κ1) is 26.5. The van der Waals surface area contributed by atoms with Crippen LogP contribution in [-0.2, 0) is 17.8 Å². The van der Waals surface area contributed by atoms with Crippen molar-refractivity contribution in [3.8, 4) is 11.1 Å². The third-order valence-electron chi connectivity index (χ3n) is 6.30. The van der Waals surface area contributed by atoms with E-state index in [0.29, 0.717) is 18.0 Å². The zero-order valence-corrected chi connectivity index (χ0v) is 20.5. The summed E-state index contributed by atoms with van der Waals surface area (Å²) in [6, 6.07) is 19.2. The van der Waals surface area contributed by atoms with Gasteiger partial charge in [-0.3, -0.25) is 4.79 Å². The minimum atomic E-state index is -0.955. The Morgan fingerprint density at radius 2 is 1.69 bits per heavy atom. The van der Waals surface area contributed by atoms with E-state index in [1.807, 2.05) is 18.2 Å². The molecule has 3 aromatic carbocycles. The van der Waals surface area contributed by atoms with E-state index in [1.165, 1.54) is 24.6 Å². The maximum absolute atomic E-state index is 13.6. The smallest absolute Gasteiger partial charge is 0.217 e. The lowest BCUT2D eigenvalue weighted by molar-refractivity contribution is -0.120. The van der Waals surface area contributed by atoms with Crippen LogP contribution in [0, 0.1) is 11.6 Å². The number of hydrogen-bond donors (Lipinski definition) is 3. The summed E-state index contributed by atoms with van der Waals surface area (Å²) in [5, 5.41) is 16.9. The van der Waals surface area contributed by atoms with Crippen molar-refractivity contribution >= 4 is 5.91 Å². The number of aliphatic hydroxyl groups is 1. The lowest BCUT2D eigenvalue weighted by Crippen LogP contribution is -2.48. The largest absolute Gasteiger partial charge is 0.390 e. The highest BCUT2D eigenvalue weighted by Gasteiger charge is 2.21. The number of carbonyl (C=O) groups is 1. The summed E-state index contributed by atoms with van der Waals surface area (Å²) in [6.07, 6.45) is 0.189. The van der Waals surface area contributed by atoms with Crippen molar-refractivity contribution in [2.45, 2.75) is 58.2 Å². The Labute approximate surface area is 206 Å². The lowest BCUT2D eigenvalue weighted by Gasteiger charge is -2.25. The van der Waals surface area contributed by atoms with Crippen molar-refractivity contribution in [2.24, 2.45) is 0 Å². The predicted molar refractivity (Wildman–Crippen MR) is 136 cm³/mol. The van der Waals surface area contributed by atoms with Gasteiger partial charge in [-0.15, -0.1) is 0 Å². The van der Waals surface area contributed by atoms with E-state index in [9.17, 15) is 18.7 Å². The van der Waals surface area contributed by atoms with Gasteiger partial charge in [0.05, 0.1) is 12.1 Å². The highest BCUT2D eigenvalue weighted by molar-refractivity contribution is 5.73. The van der Waals surface area contributed by atoms with Gasteiger partial charge in [-0.1, -0.05) is 62.4 Å². The van der Waals surface area contributed by atoms with Gasteiger partial charge in [0, 0.05) is 26.1 Å². The topological polar surface area (TPSA) is 61.4 Å². The summed E-state index contributed by atoms with van der Waals surface area (Å²) < 4.78 is 27.2. The molecule has 0 saturated carbocycles. The SMILES string of the molecule is CCC(C)c1ccc(-c2ccccc2)c(CNC[C@@H](O)[C@H](Cc2cc(F)cc(F)c2)NC(C)=O)c1. The second kappa shape index (κ2) is 12.6. The molecule has 0 aliphatic heterocycles. The number of carbonyl (C=O) groups excluding carboxylic acids is 1. The molecule has 3 N–H and O–H groups in total. The maximum atomic E-state index is 13.6. The van der Waals surface area contributed by atoms with Crippen LogP contribution in [0.3, 0.4) is 0 Å². The van der Waals surface area contributed by atoms with E-state index >= 15 is 0 Å². The van der Waals surface area contributed by atoms with Crippen LogP contribution in [0.1, 0.15) is 49.8 Å². The number of aliphatic hydroxyl groups excluding tert-OH is 1. The molecule has 6 heteroatoms. The summed E-state index contributed by atoms with van der Waals surface area (Å²) in [6.45, 7) is 6.44. The Balaban J connectivity index is 1.74. The van der Waals surface area contributed by atoms with E-state index in [-0.39, 0.29) is 18.9 Å². The number of benzene rings is 3. The Morgan fingerprint density at radius 1 is 1.00 bits per heavy atom. The lowest BCUT2D eigenvalue weighted by atomic mass is 9.92. The molecule has 4 nitrogen and oxygen atoms in total. The third-order valence-corrected chi connectivity index (χ3v) is 6.30. The summed E-state index contributed by atoms with van der Waals surface area (Å²) in [7, 11) is 0. The van der Waals surface area contributed by atoms with Gasteiger partial charge in [0.15, 0.2) is 0 Å². The molecule has 0 spiro atoms. The molecule has 0 aliphatic carbocycles. The molecule has 0 bridgehead atoms. The molecule has 3 aromatic rings. The zero-order valence-electron chi connectivity index (χ0n) is 20.5. The molecule has 1 unspecified atom stereocenters. The second-order valence-electron chi connectivity index (χ2n) is 9.08. The van der Waals surface area contributed by atoms with Gasteiger partial charge in [-0.25, -0.2) is 8.78 Å². The highest BCUT2D eigenvalue weighted by Crippen LogP contribution is 2.28. The Bertz CT molecular complexity index is 1100. The van der Waals surface area contributed by atoms with Crippen molar-refractivity contribution in [1.29, 1.82) is 0 Å². The van der Waals surface area contributed by atoms with E-state index in [4.69, 9.17) is 0 Å². The van der Waals surface area contributed by atoms with Gasteiger partial charge >= 0.3 is 0 Å². The standard InChI is InChI=1S/C29H34F2N2O2/c1-4-19(2)23-10-11-27(22-8-6-5-7-9-22)24(15-23)17-32-18-29(35)28(33-20(3)34)14-21-12-25(30)16-26(31)13-21/h5-13,15-16,19,28-29,32,35H,4,14,17-18H2,1-3H3,(H,33,34)/t19?,28-,29+/m0/s1. The third kappa shape index (κ3) is 7.70. The maximum Gasteiger partial charge on any atom is 0.217 e. The van der Waals surface area contributed by atoms with Crippen LogP contribution in [0.15, 0.2) is 66.7 Å². The summed E-state index contributed by atoms with van der Waals surface area (Å²) in [4.78, 5) is 11.7. The normalized spacial score (nSPS) is 13.8. The fourth-order valence-electron chi connectivity index (χ4n) is 4.23.